The van der Waals surface area contributed by atoms with Crippen LogP contribution in [0.15, 0.2) is 0 Å². The number of ether oxygens (including phenoxy) is 1. The lowest BCUT2D eigenvalue weighted by Crippen LogP contribution is -2.06. The SMILES string of the molecule is CC(C)CCOc1nc(N)nc(Cl)n1. The summed E-state index contributed by atoms with van der Waals surface area (Å²) in [5.41, 5.74) is 5.36. The Morgan fingerprint density at radius 1 is 1.36 bits per heavy atom. The first-order valence-electron chi connectivity index (χ1n) is 4.38. The van der Waals surface area contributed by atoms with Crippen LogP contribution in [0.2, 0.25) is 5.28 Å². The quantitative estimate of drug-likeness (QED) is 0.826. The van der Waals surface area contributed by atoms with Crippen LogP contribution >= 0.6 is 11.6 Å². The van der Waals surface area contributed by atoms with Gasteiger partial charge in [-0.05, 0) is 23.9 Å². The minimum atomic E-state index is 0.0528. The van der Waals surface area contributed by atoms with Gasteiger partial charge in [0.25, 0.3) is 0 Å². The zero-order valence-corrected chi connectivity index (χ0v) is 8.95. The summed E-state index contributed by atoms with van der Waals surface area (Å²) in [5.74, 6) is 0.647. The van der Waals surface area contributed by atoms with Crippen molar-refractivity contribution in [3.8, 4) is 6.01 Å². The number of hydrogen-bond donors (Lipinski definition) is 1. The molecule has 1 aromatic rings. The second-order valence-corrected chi connectivity index (χ2v) is 3.61. The largest absolute Gasteiger partial charge is 0.463 e. The molecule has 1 rings (SSSR count). The summed E-state index contributed by atoms with van der Waals surface area (Å²) in [4.78, 5) is 11.2. The summed E-state index contributed by atoms with van der Waals surface area (Å²) >= 11 is 5.57. The number of nitrogens with zero attached hydrogens (tertiary/aromatic N) is 3. The highest BCUT2D eigenvalue weighted by molar-refractivity contribution is 6.28. The van der Waals surface area contributed by atoms with Crippen LogP contribution in [0, 0.1) is 5.92 Å². The molecular weight excluding hydrogens is 204 g/mol. The Balaban J connectivity index is 2.50. The molecule has 5 nitrogen and oxygen atoms in total. The lowest BCUT2D eigenvalue weighted by molar-refractivity contribution is 0.268. The lowest BCUT2D eigenvalue weighted by Gasteiger charge is -2.06. The van der Waals surface area contributed by atoms with Gasteiger partial charge >= 0.3 is 6.01 Å². The van der Waals surface area contributed by atoms with Crippen LogP contribution in [0.25, 0.3) is 0 Å². The third-order valence-corrected chi connectivity index (χ3v) is 1.70. The van der Waals surface area contributed by atoms with E-state index in [4.69, 9.17) is 22.1 Å². The molecule has 1 heterocycles. The Morgan fingerprint density at radius 3 is 2.64 bits per heavy atom. The van der Waals surface area contributed by atoms with Crippen molar-refractivity contribution >= 4 is 17.5 Å². The van der Waals surface area contributed by atoms with Gasteiger partial charge in [-0.25, -0.2) is 0 Å². The summed E-state index contributed by atoms with van der Waals surface area (Å²) < 4.78 is 5.25. The average molecular weight is 217 g/mol. The summed E-state index contributed by atoms with van der Waals surface area (Å²) in [5, 5.41) is 0.0528. The third kappa shape index (κ3) is 3.74. The van der Waals surface area contributed by atoms with Gasteiger partial charge in [0.15, 0.2) is 0 Å². The Hall–Kier alpha value is -1.10. The highest BCUT2D eigenvalue weighted by Gasteiger charge is 2.03. The van der Waals surface area contributed by atoms with Crippen LogP contribution < -0.4 is 10.5 Å². The van der Waals surface area contributed by atoms with Gasteiger partial charge in [0, 0.05) is 0 Å². The summed E-state index contributed by atoms with van der Waals surface area (Å²) in [6, 6.07) is 0.183. The average Bonchev–Trinajstić information content (AvgIpc) is 2.01. The molecule has 0 aliphatic carbocycles. The molecule has 2 N–H and O–H groups in total. The van der Waals surface area contributed by atoms with Crippen LogP contribution in [-0.2, 0) is 0 Å². The van der Waals surface area contributed by atoms with E-state index in [1.807, 2.05) is 0 Å². The minimum absolute atomic E-state index is 0.0528. The first kappa shape index (κ1) is 11.0. The first-order valence-corrected chi connectivity index (χ1v) is 4.75. The smallest absolute Gasteiger partial charge is 0.322 e. The number of aromatic nitrogens is 3. The Labute approximate surface area is 87.7 Å². The van der Waals surface area contributed by atoms with Crippen molar-refractivity contribution in [2.45, 2.75) is 20.3 Å². The van der Waals surface area contributed by atoms with E-state index in [0.29, 0.717) is 12.5 Å². The fourth-order valence-electron chi connectivity index (χ4n) is 0.797. The number of hydrogen-bond acceptors (Lipinski definition) is 5. The van der Waals surface area contributed by atoms with Crippen LogP contribution in [0.1, 0.15) is 20.3 Å². The topological polar surface area (TPSA) is 73.9 Å². The molecule has 0 amide bonds. The van der Waals surface area contributed by atoms with Crippen molar-refractivity contribution in [2.24, 2.45) is 5.92 Å². The number of rotatable bonds is 4. The predicted octanol–water partition coefficient (Wildman–Crippen LogP) is 1.53. The maximum atomic E-state index is 5.57. The fourth-order valence-corrected chi connectivity index (χ4v) is 0.956. The molecule has 0 spiro atoms. The van der Waals surface area contributed by atoms with Gasteiger partial charge in [0.2, 0.25) is 11.2 Å². The molecule has 0 unspecified atom stereocenters. The molecule has 0 radical (unpaired) electrons. The van der Waals surface area contributed by atoms with Gasteiger partial charge in [0.1, 0.15) is 0 Å². The van der Waals surface area contributed by atoms with Crippen molar-refractivity contribution in [2.75, 3.05) is 12.3 Å². The summed E-state index contributed by atoms with van der Waals surface area (Å²) in [7, 11) is 0. The fraction of sp³-hybridized carbons (Fsp3) is 0.625. The predicted molar refractivity (Wildman–Crippen MR) is 54.2 cm³/mol. The summed E-state index contributed by atoms with van der Waals surface area (Å²) in [6.45, 7) is 4.77. The van der Waals surface area contributed by atoms with Crippen LogP contribution in [0.5, 0.6) is 6.01 Å². The number of halogens is 1. The molecular formula is C8H13ClN4O. The van der Waals surface area contributed by atoms with Gasteiger partial charge < -0.3 is 10.5 Å². The van der Waals surface area contributed by atoms with Crippen LogP contribution in [0.4, 0.5) is 5.95 Å². The van der Waals surface area contributed by atoms with E-state index in [2.05, 4.69) is 28.8 Å². The first-order chi connectivity index (χ1) is 6.58. The summed E-state index contributed by atoms with van der Waals surface area (Å²) in [6.07, 6.45) is 0.934. The van der Waals surface area contributed by atoms with E-state index in [1.165, 1.54) is 0 Å². The molecule has 0 atom stereocenters. The van der Waals surface area contributed by atoms with E-state index in [1.54, 1.807) is 0 Å². The molecule has 0 fully saturated rings. The van der Waals surface area contributed by atoms with Crippen molar-refractivity contribution in [3.05, 3.63) is 5.28 Å². The lowest BCUT2D eigenvalue weighted by atomic mass is 10.1. The maximum Gasteiger partial charge on any atom is 0.322 e. The molecule has 14 heavy (non-hydrogen) atoms. The van der Waals surface area contributed by atoms with Gasteiger partial charge in [-0.2, -0.15) is 15.0 Å². The van der Waals surface area contributed by atoms with Crippen molar-refractivity contribution in [1.82, 2.24) is 15.0 Å². The van der Waals surface area contributed by atoms with Gasteiger partial charge in [0.05, 0.1) is 6.61 Å². The molecule has 0 bridgehead atoms. The Morgan fingerprint density at radius 2 is 2.07 bits per heavy atom. The molecule has 0 saturated heterocycles. The van der Waals surface area contributed by atoms with Crippen LogP contribution in [0.3, 0.4) is 0 Å². The standard InChI is InChI=1S/C8H13ClN4O/c1-5(2)3-4-14-8-12-6(9)11-7(10)13-8/h5H,3-4H2,1-2H3,(H2,10,11,12,13). The zero-order valence-electron chi connectivity index (χ0n) is 8.20. The van der Waals surface area contributed by atoms with Crippen molar-refractivity contribution in [1.29, 1.82) is 0 Å². The zero-order chi connectivity index (χ0) is 10.6. The third-order valence-electron chi connectivity index (χ3n) is 1.53. The van der Waals surface area contributed by atoms with E-state index >= 15 is 0 Å². The number of nitrogen functional groups attached to an aromatic ring is 1. The molecule has 78 valence electrons. The minimum Gasteiger partial charge on any atom is -0.463 e. The molecule has 0 aromatic carbocycles. The second-order valence-electron chi connectivity index (χ2n) is 3.28. The van der Waals surface area contributed by atoms with Gasteiger partial charge in [-0.15, -0.1) is 0 Å². The van der Waals surface area contributed by atoms with E-state index in [9.17, 15) is 0 Å². The van der Waals surface area contributed by atoms with Gasteiger partial charge in [-0.3, -0.25) is 0 Å². The molecule has 1 aromatic heterocycles. The Bertz CT molecular complexity index is 285. The monoisotopic (exact) mass is 216 g/mol. The molecule has 0 aliphatic heterocycles. The van der Waals surface area contributed by atoms with E-state index in [-0.39, 0.29) is 17.2 Å². The molecule has 0 aliphatic rings. The Kier molecular flexibility index (Phi) is 3.88. The van der Waals surface area contributed by atoms with E-state index < -0.39 is 0 Å². The normalized spacial score (nSPS) is 10.6. The highest BCUT2D eigenvalue weighted by atomic mass is 35.5. The second kappa shape index (κ2) is 4.95. The van der Waals surface area contributed by atoms with Crippen molar-refractivity contribution in [3.63, 3.8) is 0 Å². The number of anilines is 1. The van der Waals surface area contributed by atoms with E-state index in [0.717, 1.165) is 6.42 Å². The van der Waals surface area contributed by atoms with Crippen molar-refractivity contribution < 1.29 is 4.74 Å². The molecule has 6 heteroatoms. The van der Waals surface area contributed by atoms with Gasteiger partial charge in [-0.1, -0.05) is 13.8 Å². The van der Waals surface area contributed by atoms with Crippen LogP contribution in [-0.4, -0.2) is 21.6 Å². The number of nitrogens with two attached hydrogens (primary N) is 1. The molecule has 0 saturated carbocycles. The highest BCUT2D eigenvalue weighted by Crippen LogP contribution is 2.09. The maximum absolute atomic E-state index is 5.57.